The van der Waals surface area contributed by atoms with Crippen molar-refractivity contribution in [1.82, 2.24) is 9.55 Å². The average Bonchev–Trinajstić information content (AvgIpc) is 2.64. The molecule has 2 rings (SSSR count). The number of benzene rings is 1. The second kappa shape index (κ2) is 4.52. The van der Waals surface area contributed by atoms with Gasteiger partial charge in [0.25, 0.3) is 0 Å². The molecule has 0 aliphatic carbocycles. The highest BCUT2D eigenvalue weighted by Gasteiger charge is 2.28. The Morgan fingerprint density at radius 3 is 2.41 bits per heavy atom. The molecule has 2 nitrogen and oxygen atoms in total. The van der Waals surface area contributed by atoms with E-state index in [0.717, 1.165) is 9.04 Å². The van der Waals surface area contributed by atoms with Crippen LogP contribution < -0.4 is 0 Å². The number of aromatic nitrogens is 2. The molecule has 1 aromatic heterocycles. The molecule has 0 aliphatic heterocycles. The molecule has 0 spiro atoms. The van der Waals surface area contributed by atoms with Crippen LogP contribution in [0.2, 0.25) is 0 Å². The summed E-state index contributed by atoms with van der Waals surface area (Å²) in [6.45, 7) is -1.03. The Hall–Kier alpha value is -1.30. The molecule has 0 saturated carbocycles. The van der Waals surface area contributed by atoms with Crippen molar-refractivity contribution in [2.75, 3.05) is 0 Å². The fourth-order valence-electron chi connectivity index (χ4n) is 1.49. The van der Waals surface area contributed by atoms with E-state index in [1.54, 1.807) is 24.3 Å². The molecule has 1 aromatic carbocycles. The van der Waals surface area contributed by atoms with Crippen molar-refractivity contribution in [2.45, 2.75) is 12.7 Å². The van der Waals surface area contributed by atoms with Gasteiger partial charge in [-0.2, -0.15) is 13.2 Å². The largest absolute Gasteiger partial charge is 0.406 e. The standard InChI is InChI=1S/C11H8BrF3N2/c12-9-3-1-8(2-4-9)10-16-5-6-17(10)7-11(13,14)15/h1-6H,7H2. The van der Waals surface area contributed by atoms with Crippen molar-refractivity contribution in [3.05, 3.63) is 41.1 Å². The SMILES string of the molecule is FC(F)(F)Cn1ccnc1-c1ccc(Br)cc1. The number of alkyl halides is 3. The summed E-state index contributed by atoms with van der Waals surface area (Å²) in [6.07, 6.45) is -1.56. The summed E-state index contributed by atoms with van der Waals surface area (Å²) in [6, 6.07) is 6.97. The predicted molar refractivity (Wildman–Crippen MR) is 61.4 cm³/mol. The van der Waals surface area contributed by atoms with Gasteiger partial charge >= 0.3 is 6.18 Å². The van der Waals surface area contributed by atoms with E-state index in [1.807, 2.05) is 0 Å². The van der Waals surface area contributed by atoms with E-state index in [2.05, 4.69) is 20.9 Å². The zero-order chi connectivity index (χ0) is 12.5. The Morgan fingerprint density at radius 2 is 1.82 bits per heavy atom. The van der Waals surface area contributed by atoms with Gasteiger partial charge in [0, 0.05) is 22.4 Å². The van der Waals surface area contributed by atoms with Crippen LogP contribution in [0.15, 0.2) is 41.1 Å². The molecule has 6 heteroatoms. The van der Waals surface area contributed by atoms with Crippen molar-refractivity contribution < 1.29 is 13.2 Å². The minimum atomic E-state index is -4.25. The van der Waals surface area contributed by atoms with Crippen LogP contribution in [0.5, 0.6) is 0 Å². The van der Waals surface area contributed by atoms with Gasteiger partial charge in [-0.1, -0.05) is 28.1 Å². The molecule has 0 aliphatic rings. The Balaban J connectivity index is 2.33. The van der Waals surface area contributed by atoms with Crippen LogP contribution in [-0.2, 0) is 6.54 Å². The highest BCUT2D eigenvalue weighted by molar-refractivity contribution is 9.10. The van der Waals surface area contributed by atoms with Crippen molar-refractivity contribution >= 4 is 15.9 Å². The third-order valence-electron chi connectivity index (χ3n) is 2.17. The molecule has 0 saturated heterocycles. The number of rotatable bonds is 2. The average molecular weight is 305 g/mol. The highest BCUT2D eigenvalue weighted by atomic mass is 79.9. The molecule has 0 radical (unpaired) electrons. The van der Waals surface area contributed by atoms with Gasteiger partial charge in [0.05, 0.1) is 0 Å². The maximum Gasteiger partial charge on any atom is 0.406 e. The lowest BCUT2D eigenvalue weighted by Gasteiger charge is -2.10. The van der Waals surface area contributed by atoms with E-state index in [1.165, 1.54) is 12.4 Å². The predicted octanol–water partition coefficient (Wildman–Crippen LogP) is 3.87. The minimum Gasteiger partial charge on any atom is -0.322 e. The number of hydrogen-bond acceptors (Lipinski definition) is 1. The van der Waals surface area contributed by atoms with E-state index in [-0.39, 0.29) is 0 Å². The quantitative estimate of drug-likeness (QED) is 0.823. The summed E-state index contributed by atoms with van der Waals surface area (Å²) in [7, 11) is 0. The van der Waals surface area contributed by atoms with Crippen molar-refractivity contribution in [3.63, 3.8) is 0 Å². The van der Waals surface area contributed by atoms with Gasteiger partial charge in [0.1, 0.15) is 12.4 Å². The van der Waals surface area contributed by atoms with Crippen LogP contribution in [0.3, 0.4) is 0 Å². The first-order valence-electron chi connectivity index (χ1n) is 4.79. The monoisotopic (exact) mass is 304 g/mol. The number of hydrogen-bond donors (Lipinski definition) is 0. The first kappa shape index (κ1) is 12.2. The fraction of sp³-hybridized carbons (Fsp3) is 0.182. The Bertz CT molecular complexity index is 502. The van der Waals surface area contributed by atoms with Gasteiger partial charge in [0.15, 0.2) is 0 Å². The van der Waals surface area contributed by atoms with E-state index in [9.17, 15) is 13.2 Å². The molecule has 0 atom stereocenters. The van der Waals surface area contributed by atoms with Crippen LogP contribution in [0.25, 0.3) is 11.4 Å². The minimum absolute atomic E-state index is 0.315. The summed E-state index contributed by atoms with van der Waals surface area (Å²) >= 11 is 3.27. The summed E-state index contributed by atoms with van der Waals surface area (Å²) in [4.78, 5) is 3.95. The Morgan fingerprint density at radius 1 is 1.18 bits per heavy atom. The molecule has 0 bridgehead atoms. The van der Waals surface area contributed by atoms with E-state index < -0.39 is 12.7 Å². The van der Waals surface area contributed by atoms with Crippen molar-refractivity contribution in [3.8, 4) is 11.4 Å². The third-order valence-corrected chi connectivity index (χ3v) is 2.70. The van der Waals surface area contributed by atoms with Crippen LogP contribution in [-0.4, -0.2) is 15.7 Å². The number of halogens is 4. The lowest BCUT2D eigenvalue weighted by atomic mass is 10.2. The van der Waals surface area contributed by atoms with Crippen molar-refractivity contribution in [1.29, 1.82) is 0 Å². The van der Waals surface area contributed by atoms with E-state index in [0.29, 0.717) is 11.4 Å². The van der Waals surface area contributed by atoms with Gasteiger partial charge in [-0.05, 0) is 12.1 Å². The van der Waals surface area contributed by atoms with Gasteiger partial charge < -0.3 is 4.57 Å². The molecule has 0 unspecified atom stereocenters. The van der Waals surface area contributed by atoms with Crippen LogP contribution in [0.4, 0.5) is 13.2 Å². The smallest absolute Gasteiger partial charge is 0.322 e. The van der Waals surface area contributed by atoms with Gasteiger partial charge in [-0.25, -0.2) is 4.98 Å². The number of nitrogens with zero attached hydrogens (tertiary/aromatic N) is 2. The van der Waals surface area contributed by atoms with Crippen LogP contribution in [0.1, 0.15) is 0 Å². The lowest BCUT2D eigenvalue weighted by molar-refractivity contribution is -0.140. The Labute approximate surface area is 104 Å². The second-order valence-corrected chi connectivity index (χ2v) is 4.42. The molecule has 0 fully saturated rings. The molecule has 90 valence electrons. The summed E-state index contributed by atoms with van der Waals surface area (Å²) in [5.41, 5.74) is 0.655. The molecular weight excluding hydrogens is 297 g/mol. The summed E-state index contributed by atoms with van der Waals surface area (Å²) in [5, 5.41) is 0. The molecule has 1 heterocycles. The molecule has 0 N–H and O–H groups in total. The first-order valence-corrected chi connectivity index (χ1v) is 5.59. The molecule has 2 aromatic rings. The zero-order valence-corrected chi connectivity index (χ0v) is 10.2. The molecule has 17 heavy (non-hydrogen) atoms. The van der Waals surface area contributed by atoms with E-state index in [4.69, 9.17) is 0 Å². The summed E-state index contributed by atoms with van der Waals surface area (Å²) in [5.74, 6) is 0.315. The molecular formula is C11H8BrF3N2. The molecule has 0 amide bonds. The zero-order valence-electron chi connectivity index (χ0n) is 8.58. The van der Waals surface area contributed by atoms with Gasteiger partial charge in [-0.3, -0.25) is 0 Å². The van der Waals surface area contributed by atoms with E-state index >= 15 is 0 Å². The maximum absolute atomic E-state index is 12.3. The topological polar surface area (TPSA) is 17.8 Å². The van der Waals surface area contributed by atoms with Crippen LogP contribution >= 0.6 is 15.9 Å². The third kappa shape index (κ3) is 3.09. The number of imidazole rings is 1. The maximum atomic E-state index is 12.3. The second-order valence-electron chi connectivity index (χ2n) is 3.50. The van der Waals surface area contributed by atoms with Crippen LogP contribution in [0, 0.1) is 0 Å². The lowest BCUT2D eigenvalue weighted by Crippen LogP contribution is -2.17. The Kier molecular flexibility index (Phi) is 3.24. The fourth-order valence-corrected chi connectivity index (χ4v) is 1.75. The first-order chi connectivity index (χ1) is 7.96. The van der Waals surface area contributed by atoms with Crippen molar-refractivity contribution in [2.24, 2.45) is 0 Å². The normalized spacial score (nSPS) is 11.8. The van der Waals surface area contributed by atoms with Gasteiger partial charge in [0.2, 0.25) is 0 Å². The summed E-state index contributed by atoms with van der Waals surface area (Å²) < 4.78 is 38.9. The van der Waals surface area contributed by atoms with Gasteiger partial charge in [-0.15, -0.1) is 0 Å². The highest BCUT2D eigenvalue weighted by Crippen LogP contribution is 2.24.